The number of carbonyl (C=O) groups excluding carboxylic acids is 2. The Bertz CT molecular complexity index is 2700. The molecule has 0 spiro atoms. The first-order valence-electron chi connectivity index (χ1n) is 24.2. The summed E-state index contributed by atoms with van der Waals surface area (Å²) in [5.74, 6) is 1.97. The second-order valence-corrected chi connectivity index (χ2v) is 22.8. The lowest BCUT2D eigenvalue weighted by atomic mass is 9.98. The number of methoxy groups -OCH3 is 1. The molecular weight excluding hydrogens is 891 g/mol. The number of amides is 2. The Kier molecular flexibility index (Phi) is 14.6. The average Bonchev–Trinajstić information content (AvgIpc) is 3.83. The lowest BCUT2D eigenvalue weighted by Crippen LogP contribution is -2.43. The van der Waals surface area contributed by atoms with Crippen molar-refractivity contribution in [2.45, 2.75) is 103 Å². The number of nitrogens with zero attached hydrogens (tertiary/aromatic N) is 3. The van der Waals surface area contributed by atoms with Gasteiger partial charge in [0.05, 0.1) is 26.9 Å². The van der Waals surface area contributed by atoms with Gasteiger partial charge in [-0.05, 0) is 166 Å². The number of benzene rings is 5. The number of anilines is 3. The number of ether oxygens (including phenoxy) is 5. The van der Waals surface area contributed by atoms with Crippen LogP contribution in [0.4, 0.5) is 17.1 Å². The highest BCUT2D eigenvalue weighted by Gasteiger charge is 2.39. The summed E-state index contributed by atoms with van der Waals surface area (Å²) in [5, 5.41) is 0. The fourth-order valence-electron chi connectivity index (χ4n) is 10.3. The molecule has 1 unspecified atom stereocenters. The van der Waals surface area contributed by atoms with Crippen LogP contribution >= 0.6 is 0 Å². The summed E-state index contributed by atoms with van der Waals surface area (Å²) in [5.41, 5.74) is 11.8. The molecule has 4 heterocycles. The number of rotatable bonds is 19. The number of aryl methyl sites for hydroxylation is 3. The van der Waals surface area contributed by atoms with Crippen molar-refractivity contribution in [3.8, 4) is 17.2 Å². The molecule has 5 aromatic carbocycles. The molecule has 2 amide bonds. The third-order valence-electron chi connectivity index (χ3n) is 14.1. The van der Waals surface area contributed by atoms with Crippen molar-refractivity contribution in [2.24, 2.45) is 0 Å². The lowest BCUT2D eigenvalue weighted by molar-refractivity contribution is 0.0505. The quantitative estimate of drug-likeness (QED) is 0.0751. The first-order valence-corrected chi connectivity index (χ1v) is 26.8. The summed E-state index contributed by atoms with van der Waals surface area (Å²) in [7, 11) is 1.35. The second kappa shape index (κ2) is 20.8. The maximum absolute atomic E-state index is 14.2. The lowest BCUT2D eigenvalue weighted by Gasteiger charge is -2.35. The summed E-state index contributed by atoms with van der Waals surface area (Å²) in [6.45, 7) is 12.9. The zero-order valence-corrected chi connectivity index (χ0v) is 42.1. The highest BCUT2D eigenvalue weighted by atomic mass is 32.8. The van der Waals surface area contributed by atoms with Crippen LogP contribution in [-0.4, -0.2) is 81.5 Å². The van der Waals surface area contributed by atoms with Crippen molar-refractivity contribution in [3.05, 3.63) is 141 Å². The van der Waals surface area contributed by atoms with Crippen molar-refractivity contribution in [2.75, 3.05) is 67.6 Å². The van der Waals surface area contributed by atoms with Crippen LogP contribution in [0, 0.1) is 6.92 Å². The van der Waals surface area contributed by atoms with Gasteiger partial charge < -0.3 is 38.4 Å². The van der Waals surface area contributed by atoms with Crippen LogP contribution < -0.4 is 28.9 Å². The van der Waals surface area contributed by atoms with Gasteiger partial charge in [-0.2, -0.15) is 0 Å². The zero-order valence-electron chi connectivity index (χ0n) is 40.4. The van der Waals surface area contributed by atoms with Gasteiger partial charge in [0.1, 0.15) is 19.0 Å². The molecule has 0 N–H and O–H groups in total. The Labute approximate surface area is 409 Å². The maximum Gasteiger partial charge on any atom is 0.258 e. The Balaban J connectivity index is 0.995. The minimum Gasteiger partial charge on any atom is -0.493 e. The summed E-state index contributed by atoms with van der Waals surface area (Å²) in [6.07, 6.45) is 8.16. The van der Waals surface area contributed by atoms with Crippen molar-refractivity contribution >= 4 is 49.5 Å². The summed E-state index contributed by atoms with van der Waals surface area (Å²) < 4.78 is 31.0. The summed E-state index contributed by atoms with van der Waals surface area (Å²) in [4.78, 5) is 34.8. The second-order valence-electron chi connectivity index (χ2n) is 19.3. The van der Waals surface area contributed by atoms with Crippen molar-refractivity contribution in [1.82, 2.24) is 0 Å². The molecule has 0 aliphatic carbocycles. The molecule has 0 radical (unpaired) electrons. The third-order valence-corrected chi connectivity index (χ3v) is 17.1. The van der Waals surface area contributed by atoms with Gasteiger partial charge in [-0.25, -0.2) is 0 Å². The SMILES string of the molecule is CCCOCCOCCN(CC(C)(C)S(C)=S)c1cc(COc2cc3c(cc2C)C(=O)N2c4ccccc4C[C@@H]2CC3)cc(COc2cc3c(cc2OC)C(=O)N2c4ccccc4C[C@H]2CC3)c1. The Morgan fingerprint density at radius 1 is 0.691 bits per heavy atom. The molecule has 10 nitrogen and oxygen atoms in total. The molecule has 0 bridgehead atoms. The fourth-order valence-corrected chi connectivity index (χ4v) is 10.8. The summed E-state index contributed by atoms with van der Waals surface area (Å²) >= 11 is 5.91. The smallest absolute Gasteiger partial charge is 0.258 e. The number of carbonyl (C=O) groups is 2. The van der Waals surface area contributed by atoms with Gasteiger partial charge >= 0.3 is 0 Å². The molecule has 12 heteroatoms. The van der Waals surface area contributed by atoms with E-state index >= 15 is 0 Å². The number of fused-ring (bicyclic) bond motifs is 8. The Hall–Kier alpha value is -5.27. The maximum atomic E-state index is 14.2. The number of para-hydroxylation sites is 2. The first-order chi connectivity index (χ1) is 32.9. The normalized spacial score (nSPS) is 17.6. The number of hydrogen-bond acceptors (Lipinski definition) is 9. The van der Waals surface area contributed by atoms with Crippen molar-refractivity contribution < 1.29 is 33.3 Å². The first kappa shape index (κ1) is 47.8. The van der Waals surface area contributed by atoms with Crippen LogP contribution in [0.15, 0.2) is 91.0 Å². The van der Waals surface area contributed by atoms with Crippen LogP contribution in [0.1, 0.15) is 99.7 Å². The van der Waals surface area contributed by atoms with Crippen LogP contribution in [0.2, 0.25) is 0 Å². The molecule has 0 saturated heterocycles. The van der Waals surface area contributed by atoms with Gasteiger partial charge in [0.25, 0.3) is 11.8 Å². The molecule has 358 valence electrons. The average molecular weight is 956 g/mol. The van der Waals surface area contributed by atoms with Gasteiger partial charge in [-0.3, -0.25) is 9.59 Å². The topological polar surface area (TPSA) is 90.0 Å². The van der Waals surface area contributed by atoms with E-state index < -0.39 is 0 Å². The van der Waals surface area contributed by atoms with E-state index in [1.165, 1.54) is 11.1 Å². The van der Waals surface area contributed by atoms with Crippen LogP contribution in [0.5, 0.6) is 17.2 Å². The Morgan fingerprint density at radius 2 is 1.24 bits per heavy atom. The minimum absolute atomic E-state index is 0.00608. The van der Waals surface area contributed by atoms with Crippen molar-refractivity contribution in [1.29, 1.82) is 0 Å². The standard InChI is InChI=1S/C56H65N3O7S2/c1-7-21-63-23-24-64-22-20-57(36-56(3,4)68(6)67)46-27-38(34-65-51-31-40-16-18-44-29-42-12-8-10-14-49(42)58(44)54(60)47(40)25-37(51)2)26-39(28-46)35-66-53-32-41-17-19-45-30-43-13-9-11-15-50(43)59(45)55(61)48(41)33-52(53)62-5/h8-15,25-28,31-33,44-45H,7,16-24,29-30,34-36H2,1-6H3/t44-,45+,68?/m0/s1. The fraction of sp³-hybridized carbons (Fsp3) is 0.429. The highest BCUT2D eigenvalue weighted by molar-refractivity contribution is 8.29. The van der Waals surface area contributed by atoms with Gasteiger partial charge in [0.2, 0.25) is 0 Å². The van der Waals surface area contributed by atoms with E-state index in [4.69, 9.17) is 34.9 Å². The molecular formula is C56H65N3O7S2. The molecule has 4 aliphatic heterocycles. The largest absolute Gasteiger partial charge is 0.493 e. The Morgan fingerprint density at radius 3 is 1.81 bits per heavy atom. The van der Waals surface area contributed by atoms with E-state index in [-0.39, 0.29) is 44.7 Å². The molecule has 0 saturated carbocycles. The number of hydrogen-bond donors (Lipinski definition) is 0. The van der Waals surface area contributed by atoms with E-state index in [2.05, 4.69) is 86.5 Å². The third kappa shape index (κ3) is 10.1. The predicted octanol–water partition coefficient (Wildman–Crippen LogP) is 9.94. The zero-order chi connectivity index (χ0) is 47.5. The van der Waals surface area contributed by atoms with Gasteiger partial charge in [-0.15, -0.1) is 9.45 Å². The highest BCUT2D eigenvalue weighted by Crippen LogP contribution is 2.42. The van der Waals surface area contributed by atoms with Gasteiger partial charge in [0.15, 0.2) is 11.5 Å². The van der Waals surface area contributed by atoms with Gasteiger partial charge in [0, 0.05) is 64.7 Å². The van der Waals surface area contributed by atoms with E-state index in [9.17, 15) is 9.59 Å². The summed E-state index contributed by atoms with van der Waals surface area (Å²) in [6, 6.07) is 31.3. The van der Waals surface area contributed by atoms with E-state index in [1.54, 1.807) is 7.11 Å². The molecule has 9 rings (SSSR count). The molecule has 0 aromatic heterocycles. The molecule has 0 fully saturated rings. The minimum atomic E-state index is -0.279. The van der Waals surface area contributed by atoms with Crippen LogP contribution in [0.25, 0.3) is 0 Å². The molecule has 4 aliphatic rings. The van der Waals surface area contributed by atoms with Crippen LogP contribution in [0.3, 0.4) is 0 Å². The van der Waals surface area contributed by atoms with E-state index in [1.807, 2.05) is 53.1 Å². The molecule has 3 atom stereocenters. The van der Waals surface area contributed by atoms with Gasteiger partial charge in [-0.1, -0.05) is 54.5 Å². The van der Waals surface area contributed by atoms with E-state index in [0.29, 0.717) is 50.0 Å². The molecule has 5 aromatic rings. The van der Waals surface area contributed by atoms with Crippen LogP contribution in [-0.2, 0) is 69.0 Å². The monoisotopic (exact) mass is 955 g/mol. The van der Waals surface area contributed by atoms with E-state index in [0.717, 1.165) is 114 Å². The predicted molar refractivity (Wildman–Crippen MR) is 276 cm³/mol. The van der Waals surface area contributed by atoms with Crippen molar-refractivity contribution in [3.63, 3.8) is 0 Å². The molecule has 68 heavy (non-hydrogen) atoms.